The number of Topliss-reactive ketones (excluding diaryl/α,β-unsaturated/α-hetero) is 1. The molecule has 0 bridgehead atoms. The van der Waals surface area contributed by atoms with Crippen molar-refractivity contribution < 1.29 is 4.79 Å². The van der Waals surface area contributed by atoms with Gasteiger partial charge in [0.15, 0.2) is 0 Å². The van der Waals surface area contributed by atoms with Crippen molar-refractivity contribution in [3.63, 3.8) is 0 Å². The number of hydrogen-bond acceptors (Lipinski definition) is 4. The smallest absolute Gasteiger partial charge is 0.133 e. The van der Waals surface area contributed by atoms with Gasteiger partial charge in [-0.25, -0.2) is 4.98 Å². The number of carbonyl (C=O) groups is 1. The van der Waals surface area contributed by atoms with Gasteiger partial charge in [0.1, 0.15) is 5.78 Å². The normalized spacial score (nSPS) is 18.8. The van der Waals surface area contributed by atoms with E-state index in [2.05, 4.69) is 41.1 Å². The van der Waals surface area contributed by atoms with E-state index in [1.54, 1.807) is 0 Å². The van der Waals surface area contributed by atoms with Crippen LogP contribution >= 0.6 is 11.3 Å². The zero-order chi connectivity index (χ0) is 20.1. The number of rotatable bonds is 10. The number of unbranched alkanes of at least 4 members (excludes halogenated alkanes) is 1. The van der Waals surface area contributed by atoms with Gasteiger partial charge in [0.25, 0.3) is 0 Å². The van der Waals surface area contributed by atoms with E-state index >= 15 is 0 Å². The van der Waals surface area contributed by atoms with E-state index in [-0.39, 0.29) is 0 Å². The maximum Gasteiger partial charge on any atom is 0.133 e. The molecule has 0 aliphatic heterocycles. The Bertz CT molecular complexity index is 790. The van der Waals surface area contributed by atoms with Crippen LogP contribution in [0.1, 0.15) is 67.1 Å². The molecule has 0 saturated heterocycles. The predicted octanol–water partition coefficient (Wildman–Crippen LogP) is 5.26. The SMILES string of the molecule is CCCN(CCCCC(=O)CC1Cc2ccccc2C1)C1CCc2ncsc2C1. The standard InChI is InChI=1S/C25H34N2OS/c1-2-12-27(22-10-11-24-25(17-22)29-18-26-24)13-6-5-9-23(28)16-19-14-20-7-3-4-8-21(20)15-19/h3-4,7-8,18-19,22H,2,5-6,9-17H2,1H3. The second kappa shape index (κ2) is 9.99. The highest BCUT2D eigenvalue weighted by atomic mass is 32.1. The monoisotopic (exact) mass is 410 g/mol. The fourth-order valence-electron chi connectivity index (χ4n) is 5.21. The van der Waals surface area contributed by atoms with Gasteiger partial charge in [0, 0.05) is 23.8 Å². The number of fused-ring (bicyclic) bond motifs is 2. The van der Waals surface area contributed by atoms with Crippen LogP contribution in [-0.4, -0.2) is 34.8 Å². The average Bonchev–Trinajstić information content (AvgIpc) is 3.35. The lowest BCUT2D eigenvalue weighted by molar-refractivity contribution is -0.120. The number of nitrogens with zero attached hydrogens (tertiary/aromatic N) is 2. The van der Waals surface area contributed by atoms with Crippen LogP contribution in [0.4, 0.5) is 0 Å². The molecule has 156 valence electrons. The maximum atomic E-state index is 12.5. The summed E-state index contributed by atoms with van der Waals surface area (Å²) in [5.74, 6) is 1.00. The molecule has 1 aromatic carbocycles. The van der Waals surface area contributed by atoms with Gasteiger partial charge in [-0.05, 0) is 81.5 Å². The highest BCUT2D eigenvalue weighted by molar-refractivity contribution is 7.09. The van der Waals surface area contributed by atoms with Crippen LogP contribution in [0.3, 0.4) is 0 Å². The number of hydrogen-bond donors (Lipinski definition) is 0. The molecule has 0 saturated carbocycles. The Labute approximate surface area is 179 Å². The highest BCUT2D eigenvalue weighted by Gasteiger charge is 2.26. The van der Waals surface area contributed by atoms with Crippen LogP contribution in [0.25, 0.3) is 0 Å². The lowest BCUT2D eigenvalue weighted by Crippen LogP contribution is -2.40. The van der Waals surface area contributed by atoms with Crippen molar-refractivity contribution in [2.75, 3.05) is 13.1 Å². The molecule has 2 aliphatic carbocycles. The van der Waals surface area contributed by atoms with Crippen LogP contribution < -0.4 is 0 Å². The van der Waals surface area contributed by atoms with Crippen molar-refractivity contribution >= 4 is 17.1 Å². The summed E-state index contributed by atoms with van der Waals surface area (Å²) in [6.45, 7) is 4.58. The summed E-state index contributed by atoms with van der Waals surface area (Å²) in [5.41, 5.74) is 6.25. The molecule has 3 nitrogen and oxygen atoms in total. The fraction of sp³-hybridized carbons (Fsp3) is 0.600. The Balaban J connectivity index is 1.17. The number of aromatic nitrogens is 1. The van der Waals surface area contributed by atoms with Gasteiger partial charge in [-0.1, -0.05) is 31.2 Å². The molecule has 2 aromatic rings. The van der Waals surface area contributed by atoms with Crippen LogP contribution in [0, 0.1) is 5.92 Å². The van der Waals surface area contributed by atoms with Crippen molar-refractivity contribution in [2.24, 2.45) is 5.92 Å². The third-order valence-electron chi connectivity index (χ3n) is 6.69. The molecule has 1 atom stereocenters. The van der Waals surface area contributed by atoms with Crippen molar-refractivity contribution in [3.05, 3.63) is 51.5 Å². The number of benzene rings is 1. The van der Waals surface area contributed by atoms with E-state index in [9.17, 15) is 4.79 Å². The molecular weight excluding hydrogens is 376 g/mol. The molecule has 0 fully saturated rings. The molecule has 0 spiro atoms. The molecule has 4 heteroatoms. The number of ketones is 1. The molecule has 1 heterocycles. The van der Waals surface area contributed by atoms with Crippen molar-refractivity contribution in [3.8, 4) is 0 Å². The maximum absolute atomic E-state index is 12.5. The molecule has 1 unspecified atom stereocenters. The van der Waals surface area contributed by atoms with Gasteiger partial charge >= 0.3 is 0 Å². The summed E-state index contributed by atoms with van der Waals surface area (Å²) in [6.07, 6.45) is 10.6. The number of aryl methyl sites for hydroxylation is 1. The van der Waals surface area contributed by atoms with E-state index in [1.165, 1.54) is 47.5 Å². The van der Waals surface area contributed by atoms with E-state index < -0.39 is 0 Å². The third-order valence-corrected chi connectivity index (χ3v) is 7.59. The third kappa shape index (κ3) is 5.35. The Morgan fingerprint density at radius 3 is 2.69 bits per heavy atom. The molecule has 1 aromatic heterocycles. The molecule has 4 rings (SSSR count). The lowest BCUT2D eigenvalue weighted by Gasteiger charge is -2.33. The van der Waals surface area contributed by atoms with E-state index in [0.717, 1.165) is 51.5 Å². The predicted molar refractivity (Wildman–Crippen MR) is 121 cm³/mol. The van der Waals surface area contributed by atoms with E-state index in [1.807, 2.05) is 16.8 Å². The van der Waals surface area contributed by atoms with Crippen molar-refractivity contribution in [1.82, 2.24) is 9.88 Å². The second-order valence-electron chi connectivity index (χ2n) is 8.90. The van der Waals surface area contributed by atoms with Gasteiger partial charge in [-0.15, -0.1) is 11.3 Å². The van der Waals surface area contributed by atoms with Crippen LogP contribution in [0.15, 0.2) is 29.8 Å². The molecular formula is C25H34N2OS. The first kappa shape index (κ1) is 20.7. The minimum atomic E-state index is 0.469. The Morgan fingerprint density at radius 2 is 1.93 bits per heavy atom. The van der Waals surface area contributed by atoms with Gasteiger partial charge in [0.05, 0.1) is 11.2 Å². The summed E-state index contributed by atoms with van der Waals surface area (Å²) in [5, 5.41) is 0. The molecule has 0 N–H and O–H groups in total. The molecule has 29 heavy (non-hydrogen) atoms. The van der Waals surface area contributed by atoms with Crippen LogP contribution in [0.2, 0.25) is 0 Å². The van der Waals surface area contributed by atoms with Gasteiger partial charge in [-0.3, -0.25) is 4.79 Å². The first-order valence-electron chi connectivity index (χ1n) is 11.5. The lowest BCUT2D eigenvalue weighted by atomic mass is 9.95. The van der Waals surface area contributed by atoms with Crippen molar-refractivity contribution in [2.45, 2.75) is 77.2 Å². The zero-order valence-corrected chi connectivity index (χ0v) is 18.6. The average molecular weight is 411 g/mol. The highest BCUT2D eigenvalue weighted by Crippen LogP contribution is 2.29. The Hall–Kier alpha value is -1.52. The van der Waals surface area contributed by atoms with Gasteiger partial charge < -0.3 is 4.90 Å². The fourth-order valence-corrected chi connectivity index (χ4v) is 6.10. The van der Waals surface area contributed by atoms with Crippen molar-refractivity contribution in [1.29, 1.82) is 0 Å². The molecule has 0 radical (unpaired) electrons. The topological polar surface area (TPSA) is 33.2 Å². The Kier molecular flexibility index (Phi) is 7.15. The zero-order valence-electron chi connectivity index (χ0n) is 17.7. The first-order chi connectivity index (χ1) is 14.2. The number of thiazole rings is 1. The molecule has 0 amide bonds. The Morgan fingerprint density at radius 1 is 1.14 bits per heavy atom. The van der Waals surface area contributed by atoms with Crippen LogP contribution in [0.5, 0.6) is 0 Å². The van der Waals surface area contributed by atoms with Crippen LogP contribution in [-0.2, 0) is 30.5 Å². The van der Waals surface area contributed by atoms with E-state index in [4.69, 9.17) is 0 Å². The van der Waals surface area contributed by atoms with Gasteiger partial charge in [0.2, 0.25) is 0 Å². The molecule has 2 aliphatic rings. The number of carbonyl (C=O) groups excluding carboxylic acids is 1. The summed E-state index contributed by atoms with van der Waals surface area (Å²) in [4.78, 5) is 21.2. The largest absolute Gasteiger partial charge is 0.300 e. The van der Waals surface area contributed by atoms with E-state index in [0.29, 0.717) is 17.7 Å². The second-order valence-corrected chi connectivity index (χ2v) is 9.84. The first-order valence-corrected chi connectivity index (χ1v) is 12.3. The minimum Gasteiger partial charge on any atom is -0.300 e. The summed E-state index contributed by atoms with van der Waals surface area (Å²) in [6, 6.07) is 9.35. The summed E-state index contributed by atoms with van der Waals surface area (Å²) >= 11 is 1.82. The quantitative estimate of drug-likeness (QED) is 0.501. The van der Waals surface area contributed by atoms with Gasteiger partial charge in [-0.2, -0.15) is 0 Å². The minimum absolute atomic E-state index is 0.469. The summed E-state index contributed by atoms with van der Waals surface area (Å²) < 4.78 is 0. The summed E-state index contributed by atoms with van der Waals surface area (Å²) in [7, 11) is 0.